The number of unbranched alkanes of at least 4 members (excludes halogenated alkanes) is 5. The van der Waals surface area contributed by atoms with Gasteiger partial charge < -0.3 is 20.1 Å². The maximum absolute atomic E-state index is 5.49. The lowest BCUT2D eigenvalue weighted by Gasteiger charge is -2.14. The Labute approximate surface area is 247 Å². The summed E-state index contributed by atoms with van der Waals surface area (Å²) < 4.78 is 11.0. The van der Waals surface area contributed by atoms with Crippen LogP contribution in [0.3, 0.4) is 0 Å². The van der Waals surface area contributed by atoms with Crippen molar-refractivity contribution >= 4 is 55.0 Å². The molecular formula is C36H38N4O2. The Bertz CT molecular complexity index is 1700. The molecule has 0 saturated carbocycles. The van der Waals surface area contributed by atoms with Crippen LogP contribution in [0.15, 0.2) is 84.9 Å². The predicted molar refractivity (Wildman–Crippen MR) is 176 cm³/mol. The van der Waals surface area contributed by atoms with Gasteiger partial charge >= 0.3 is 0 Å². The van der Waals surface area contributed by atoms with E-state index in [4.69, 9.17) is 19.4 Å². The van der Waals surface area contributed by atoms with Crippen LogP contribution >= 0.6 is 0 Å². The number of methoxy groups -OCH3 is 2. The Morgan fingerprint density at radius 2 is 0.881 bits per heavy atom. The fraction of sp³-hybridized carbons (Fsp3) is 0.278. The minimum absolute atomic E-state index is 0.849. The van der Waals surface area contributed by atoms with E-state index in [-0.39, 0.29) is 0 Å². The molecule has 6 rings (SSSR count). The van der Waals surface area contributed by atoms with Crippen molar-refractivity contribution in [2.24, 2.45) is 0 Å². The topological polar surface area (TPSA) is 68.3 Å². The van der Waals surface area contributed by atoms with Gasteiger partial charge in [-0.1, -0.05) is 62.1 Å². The number of benzene rings is 4. The number of pyridine rings is 2. The van der Waals surface area contributed by atoms with Crippen molar-refractivity contribution in [1.29, 1.82) is 0 Å². The second-order valence-corrected chi connectivity index (χ2v) is 10.7. The zero-order chi connectivity index (χ0) is 28.7. The first-order valence-electron chi connectivity index (χ1n) is 15.0. The van der Waals surface area contributed by atoms with Gasteiger partial charge in [0.25, 0.3) is 0 Å². The molecule has 0 bridgehead atoms. The van der Waals surface area contributed by atoms with Crippen LogP contribution in [0.1, 0.15) is 38.5 Å². The first kappa shape index (κ1) is 27.6. The molecule has 2 N–H and O–H groups in total. The van der Waals surface area contributed by atoms with Crippen LogP contribution in [0.25, 0.3) is 43.6 Å². The summed E-state index contributed by atoms with van der Waals surface area (Å²) in [7, 11) is 3.42. The van der Waals surface area contributed by atoms with Crippen molar-refractivity contribution in [2.45, 2.75) is 38.5 Å². The summed E-state index contributed by atoms with van der Waals surface area (Å²) in [6, 6.07) is 28.9. The van der Waals surface area contributed by atoms with Gasteiger partial charge in [0, 0.05) is 34.6 Å². The number of hydrogen-bond acceptors (Lipinski definition) is 6. The summed E-state index contributed by atoms with van der Waals surface area (Å²) in [4.78, 5) is 9.71. The Morgan fingerprint density at radius 3 is 1.33 bits per heavy atom. The third-order valence-electron chi connectivity index (χ3n) is 7.98. The summed E-state index contributed by atoms with van der Waals surface area (Å²) >= 11 is 0. The van der Waals surface area contributed by atoms with Gasteiger partial charge in [0.15, 0.2) is 0 Å². The fourth-order valence-electron chi connectivity index (χ4n) is 5.76. The molecule has 0 aliphatic rings. The van der Waals surface area contributed by atoms with Crippen LogP contribution in [-0.4, -0.2) is 37.3 Å². The van der Waals surface area contributed by atoms with Crippen LogP contribution in [0.2, 0.25) is 0 Å². The molecule has 0 radical (unpaired) electrons. The molecule has 0 saturated heterocycles. The molecule has 0 aliphatic heterocycles. The van der Waals surface area contributed by atoms with Crippen molar-refractivity contribution in [3.05, 3.63) is 84.9 Å². The average Bonchev–Trinajstić information content (AvgIpc) is 3.04. The Balaban J connectivity index is 0.993. The van der Waals surface area contributed by atoms with Crippen LogP contribution in [-0.2, 0) is 0 Å². The molecule has 42 heavy (non-hydrogen) atoms. The first-order chi connectivity index (χ1) is 20.7. The molecule has 2 aromatic heterocycles. The van der Waals surface area contributed by atoms with Crippen LogP contribution in [0, 0.1) is 0 Å². The lowest BCUT2D eigenvalue weighted by molar-refractivity contribution is 0.415. The SMILES string of the molecule is COc1ccc2nc3ccccc3c(NCCCCCCCCNc3c4ccccc4nc4ccc(OC)cc34)c2c1. The number of aromatic nitrogens is 2. The maximum atomic E-state index is 5.49. The zero-order valence-corrected chi connectivity index (χ0v) is 24.5. The van der Waals surface area contributed by atoms with Gasteiger partial charge in [-0.2, -0.15) is 0 Å². The summed E-state index contributed by atoms with van der Waals surface area (Å²) in [5.74, 6) is 1.70. The largest absolute Gasteiger partial charge is 0.497 e. The van der Waals surface area contributed by atoms with E-state index in [0.29, 0.717) is 0 Å². The van der Waals surface area contributed by atoms with E-state index in [1.165, 1.54) is 25.7 Å². The van der Waals surface area contributed by atoms with E-state index in [1.54, 1.807) is 14.2 Å². The van der Waals surface area contributed by atoms with E-state index in [0.717, 1.165) is 92.4 Å². The van der Waals surface area contributed by atoms with Crippen molar-refractivity contribution in [3.8, 4) is 11.5 Å². The van der Waals surface area contributed by atoms with Crippen molar-refractivity contribution in [1.82, 2.24) is 9.97 Å². The maximum Gasteiger partial charge on any atom is 0.119 e. The quantitative estimate of drug-likeness (QED) is 0.109. The zero-order valence-electron chi connectivity index (χ0n) is 24.5. The number of ether oxygens (including phenoxy) is 2. The third kappa shape index (κ3) is 5.89. The number of anilines is 2. The number of rotatable bonds is 13. The first-order valence-corrected chi connectivity index (χ1v) is 15.0. The molecule has 2 heterocycles. The minimum atomic E-state index is 0.849. The number of nitrogens with zero attached hydrogens (tertiary/aromatic N) is 2. The highest BCUT2D eigenvalue weighted by atomic mass is 16.5. The van der Waals surface area contributed by atoms with Crippen molar-refractivity contribution in [2.75, 3.05) is 37.9 Å². The Kier molecular flexibility index (Phi) is 8.50. The molecule has 0 amide bonds. The van der Waals surface area contributed by atoms with Gasteiger partial charge in [0.1, 0.15) is 11.5 Å². The molecule has 214 valence electrons. The number of fused-ring (bicyclic) bond motifs is 4. The van der Waals surface area contributed by atoms with E-state index in [2.05, 4.69) is 59.2 Å². The molecule has 0 spiro atoms. The van der Waals surface area contributed by atoms with Crippen LogP contribution < -0.4 is 20.1 Å². The van der Waals surface area contributed by atoms with E-state index in [9.17, 15) is 0 Å². The van der Waals surface area contributed by atoms with Gasteiger partial charge in [-0.3, -0.25) is 0 Å². The standard InChI is InChI=1S/C36H38N4O2/c1-41-25-17-19-33-29(23-25)35(27-13-7-9-15-31(27)39-33)37-21-11-5-3-4-6-12-22-38-36-28-14-8-10-16-32(28)40-34-20-18-26(42-2)24-30(34)36/h7-10,13-20,23-24H,3-6,11-12,21-22H2,1-2H3,(H,37,39)(H,38,40). The summed E-state index contributed by atoms with van der Waals surface area (Å²) in [6.07, 6.45) is 7.18. The number of nitrogens with one attached hydrogen (secondary N) is 2. The molecule has 6 nitrogen and oxygen atoms in total. The average molecular weight is 559 g/mol. The van der Waals surface area contributed by atoms with Gasteiger partial charge in [-0.05, 0) is 61.4 Å². The summed E-state index contributed by atoms with van der Waals surface area (Å²) in [5, 5.41) is 12.0. The van der Waals surface area contributed by atoms with Crippen molar-refractivity contribution < 1.29 is 9.47 Å². The normalized spacial score (nSPS) is 11.4. The monoisotopic (exact) mass is 558 g/mol. The molecule has 0 atom stereocenters. The molecule has 6 aromatic rings. The summed E-state index contributed by atoms with van der Waals surface area (Å²) in [5.41, 5.74) is 6.29. The smallest absolute Gasteiger partial charge is 0.119 e. The highest BCUT2D eigenvalue weighted by Gasteiger charge is 2.11. The number of hydrogen-bond donors (Lipinski definition) is 2. The van der Waals surface area contributed by atoms with Crippen molar-refractivity contribution in [3.63, 3.8) is 0 Å². The van der Waals surface area contributed by atoms with E-state index < -0.39 is 0 Å². The van der Waals surface area contributed by atoms with Gasteiger partial charge in [0.2, 0.25) is 0 Å². The molecule has 6 heteroatoms. The lowest BCUT2D eigenvalue weighted by atomic mass is 10.1. The number of para-hydroxylation sites is 2. The molecular weight excluding hydrogens is 520 g/mol. The highest BCUT2D eigenvalue weighted by Crippen LogP contribution is 2.34. The lowest BCUT2D eigenvalue weighted by Crippen LogP contribution is -2.04. The van der Waals surface area contributed by atoms with Gasteiger partial charge in [0.05, 0.1) is 47.7 Å². The fourth-order valence-corrected chi connectivity index (χ4v) is 5.76. The minimum Gasteiger partial charge on any atom is -0.497 e. The van der Waals surface area contributed by atoms with Gasteiger partial charge in [-0.25, -0.2) is 9.97 Å². The predicted octanol–water partition coefficient (Wildman–Crippen LogP) is 8.97. The van der Waals surface area contributed by atoms with E-state index in [1.807, 2.05) is 36.4 Å². The second-order valence-electron chi connectivity index (χ2n) is 10.7. The summed E-state index contributed by atoms with van der Waals surface area (Å²) in [6.45, 7) is 1.88. The van der Waals surface area contributed by atoms with Crippen LogP contribution in [0.5, 0.6) is 11.5 Å². The molecule has 0 fully saturated rings. The molecule has 4 aromatic carbocycles. The highest BCUT2D eigenvalue weighted by molar-refractivity contribution is 6.08. The van der Waals surface area contributed by atoms with Gasteiger partial charge in [-0.15, -0.1) is 0 Å². The van der Waals surface area contributed by atoms with E-state index >= 15 is 0 Å². The molecule has 0 unspecified atom stereocenters. The molecule has 0 aliphatic carbocycles. The van der Waals surface area contributed by atoms with Crippen LogP contribution in [0.4, 0.5) is 11.4 Å². The Morgan fingerprint density at radius 1 is 0.476 bits per heavy atom. The Hall–Kier alpha value is -4.58. The second kappa shape index (κ2) is 12.9. The third-order valence-corrected chi connectivity index (χ3v) is 7.98.